The van der Waals surface area contributed by atoms with E-state index in [0.717, 1.165) is 0 Å². The third-order valence-electron chi connectivity index (χ3n) is 4.78. The molecule has 3 rings (SSSR count). The molecule has 0 aliphatic heterocycles. The Balaban J connectivity index is 2.16. The molecule has 0 radical (unpaired) electrons. The van der Waals surface area contributed by atoms with E-state index in [1.165, 1.54) is 0 Å². The lowest BCUT2D eigenvalue weighted by Gasteiger charge is -2.19. The zero-order chi connectivity index (χ0) is 29.8. The van der Waals surface area contributed by atoms with E-state index in [4.69, 9.17) is 11.5 Å². The largest absolute Gasteiger partial charge is 0.453 e. The molecule has 18 heteroatoms. The number of halogens is 14. The molecular formula is C21H8F14N2O2. The molecule has 0 aliphatic carbocycles. The fourth-order valence-corrected chi connectivity index (χ4v) is 3.12. The summed E-state index contributed by atoms with van der Waals surface area (Å²) in [4.78, 5) is 0. The van der Waals surface area contributed by atoms with Crippen molar-refractivity contribution >= 4 is 11.4 Å². The lowest BCUT2D eigenvalue weighted by atomic mass is 10.1. The highest BCUT2D eigenvalue weighted by Gasteiger charge is 2.41. The van der Waals surface area contributed by atoms with Crippen LogP contribution in [-0.4, -0.2) is 0 Å². The number of nitrogens with two attached hydrogens (primary N) is 2. The van der Waals surface area contributed by atoms with Crippen molar-refractivity contribution in [1.29, 1.82) is 0 Å². The minimum Gasteiger partial charge on any atom is -0.453 e. The number of rotatable bonds is 4. The molecule has 212 valence electrons. The molecule has 0 aliphatic rings. The Morgan fingerprint density at radius 3 is 1.21 bits per heavy atom. The Hall–Kier alpha value is -4.12. The van der Waals surface area contributed by atoms with Crippen LogP contribution in [0.3, 0.4) is 0 Å². The molecule has 0 aromatic heterocycles. The second kappa shape index (κ2) is 9.57. The van der Waals surface area contributed by atoms with Crippen molar-refractivity contribution in [3.63, 3.8) is 0 Å². The predicted octanol–water partition coefficient (Wildman–Crippen LogP) is 8.19. The van der Waals surface area contributed by atoms with Gasteiger partial charge in [0.05, 0.1) is 11.4 Å². The average molecular weight is 586 g/mol. The minimum atomic E-state index is -5.54. The zero-order valence-electron chi connectivity index (χ0n) is 18.1. The number of ether oxygens (including phenoxy) is 2. The summed E-state index contributed by atoms with van der Waals surface area (Å²) in [6.07, 6.45) is -16.6. The first-order chi connectivity index (χ1) is 17.6. The smallest absolute Gasteiger partial charge is 0.421 e. The molecule has 3 aromatic rings. The quantitative estimate of drug-likeness (QED) is 0.239. The lowest BCUT2D eigenvalue weighted by Crippen LogP contribution is -2.14. The first kappa shape index (κ1) is 29.4. The van der Waals surface area contributed by atoms with Gasteiger partial charge in [0, 0.05) is 18.2 Å². The Labute approximate surface area is 206 Å². The van der Waals surface area contributed by atoms with E-state index >= 15 is 0 Å². The summed E-state index contributed by atoms with van der Waals surface area (Å²) < 4.78 is 198. The van der Waals surface area contributed by atoms with E-state index in [9.17, 15) is 61.5 Å². The van der Waals surface area contributed by atoms with E-state index in [-0.39, 0.29) is 18.2 Å². The molecule has 3 aromatic carbocycles. The summed E-state index contributed by atoms with van der Waals surface area (Å²) in [5.41, 5.74) is -0.649. The number of nitrogen functional groups attached to an aromatic ring is 2. The molecule has 0 heterocycles. The SMILES string of the molecule is Nc1c(F)c(Oc2cc(Oc3cc(F)c(C(F)(F)F)c(N)c3F)c(C(F)(F)F)cc2F)cc(F)c1C(F)(F)F. The van der Waals surface area contributed by atoms with Gasteiger partial charge in [-0.25, -0.2) is 22.0 Å². The summed E-state index contributed by atoms with van der Waals surface area (Å²) in [6.45, 7) is 0. The Morgan fingerprint density at radius 2 is 0.846 bits per heavy atom. The molecule has 0 saturated heterocycles. The van der Waals surface area contributed by atoms with Gasteiger partial charge in [-0.2, -0.15) is 39.5 Å². The van der Waals surface area contributed by atoms with Gasteiger partial charge in [-0.3, -0.25) is 0 Å². The molecule has 4 N–H and O–H groups in total. The molecule has 0 atom stereocenters. The third kappa shape index (κ3) is 5.68. The zero-order valence-corrected chi connectivity index (χ0v) is 18.1. The Bertz CT molecular complexity index is 1450. The summed E-state index contributed by atoms with van der Waals surface area (Å²) >= 11 is 0. The van der Waals surface area contributed by atoms with Gasteiger partial charge >= 0.3 is 18.5 Å². The highest BCUT2D eigenvalue weighted by atomic mass is 19.4. The van der Waals surface area contributed by atoms with Crippen LogP contribution in [0.5, 0.6) is 23.0 Å². The van der Waals surface area contributed by atoms with Crippen LogP contribution in [0.15, 0.2) is 24.3 Å². The van der Waals surface area contributed by atoms with Crippen molar-refractivity contribution in [3.8, 4) is 23.0 Å². The normalized spacial score (nSPS) is 12.6. The van der Waals surface area contributed by atoms with Crippen LogP contribution in [0.2, 0.25) is 0 Å². The van der Waals surface area contributed by atoms with Crippen molar-refractivity contribution in [1.82, 2.24) is 0 Å². The van der Waals surface area contributed by atoms with E-state index in [1.54, 1.807) is 0 Å². The van der Waals surface area contributed by atoms with Crippen LogP contribution in [0, 0.1) is 29.1 Å². The summed E-state index contributed by atoms with van der Waals surface area (Å²) in [6, 6.07) is -1.11. The first-order valence-electron chi connectivity index (χ1n) is 9.60. The summed E-state index contributed by atoms with van der Waals surface area (Å²) in [5.74, 6) is -17.2. The van der Waals surface area contributed by atoms with Gasteiger partial charge in [0.25, 0.3) is 0 Å². The van der Waals surface area contributed by atoms with Crippen LogP contribution < -0.4 is 20.9 Å². The van der Waals surface area contributed by atoms with Gasteiger partial charge in [0.15, 0.2) is 34.7 Å². The van der Waals surface area contributed by atoms with Crippen LogP contribution in [0.1, 0.15) is 16.7 Å². The van der Waals surface area contributed by atoms with Crippen molar-refractivity contribution in [2.75, 3.05) is 11.5 Å². The molecular weight excluding hydrogens is 578 g/mol. The Kier molecular flexibility index (Phi) is 7.22. The fourth-order valence-electron chi connectivity index (χ4n) is 3.12. The van der Waals surface area contributed by atoms with Gasteiger partial charge in [-0.05, 0) is 6.07 Å². The predicted molar refractivity (Wildman–Crippen MR) is 103 cm³/mol. The molecule has 0 spiro atoms. The monoisotopic (exact) mass is 586 g/mol. The van der Waals surface area contributed by atoms with E-state index in [2.05, 4.69) is 9.47 Å². The molecule has 0 saturated carbocycles. The molecule has 0 unspecified atom stereocenters. The second-order valence-corrected chi connectivity index (χ2v) is 7.39. The van der Waals surface area contributed by atoms with Gasteiger partial charge < -0.3 is 20.9 Å². The van der Waals surface area contributed by atoms with Crippen LogP contribution in [0.4, 0.5) is 72.8 Å². The topological polar surface area (TPSA) is 70.5 Å². The summed E-state index contributed by atoms with van der Waals surface area (Å²) in [7, 11) is 0. The van der Waals surface area contributed by atoms with E-state index < -0.39 is 105 Å². The van der Waals surface area contributed by atoms with Crippen LogP contribution >= 0.6 is 0 Å². The highest BCUT2D eigenvalue weighted by molar-refractivity contribution is 5.58. The summed E-state index contributed by atoms with van der Waals surface area (Å²) in [5, 5.41) is 0. The third-order valence-corrected chi connectivity index (χ3v) is 4.78. The highest BCUT2D eigenvalue weighted by Crippen LogP contribution is 2.46. The number of benzene rings is 3. The second-order valence-electron chi connectivity index (χ2n) is 7.39. The lowest BCUT2D eigenvalue weighted by molar-refractivity contribution is -0.140. The van der Waals surface area contributed by atoms with Gasteiger partial charge in [-0.15, -0.1) is 0 Å². The maximum atomic E-state index is 14.4. The molecule has 0 bridgehead atoms. The number of alkyl halides is 9. The number of hydrogen-bond donors (Lipinski definition) is 2. The van der Waals surface area contributed by atoms with E-state index in [1.807, 2.05) is 0 Å². The van der Waals surface area contributed by atoms with Crippen molar-refractivity contribution in [2.24, 2.45) is 0 Å². The fraction of sp³-hybridized carbons (Fsp3) is 0.143. The molecule has 4 nitrogen and oxygen atoms in total. The van der Waals surface area contributed by atoms with Gasteiger partial charge in [0.2, 0.25) is 0 Å². The minimum absolute atomic E-state index is 0.103. The Morgan fingerprint density at radius 1 is 0.462 bits per heavy atom. The van der Waals surface area contributed by atoms with Gasteiger partial charge in [-0.1, -0.05) is 0 Å². The maximum absolute atomic E-state index is 14.4. The van der Waals surface area contributed by atoms with Crippen LogP contribution in [0.25, 0.3) is 0 Å². The standard InChI is InChI=1S/C21H8F14N2O2/c22-6-1-5(19(27,28)29)9(38-11-2-7(23)13(20(30,31)32)17(36)15(11)25)4-10(6)39-12-3-8(24)14(21(33,34)35)18(37)16(12)26/h1-4H,36-37H2. The number of anilines is 2. The maximum Gasteiger partial charge on any atom is 0.421 e. The average Bonchev–Trinajstić information content (AvgIpc) is 2.74. The van der Waals surface area contributed by atoms with Crippen molar-refractivity contribution < 1.29 is 70.9 Å². The molecule has 0 fully saturated rings. The molecule has 0 amide bonds. The first-order valence-corrected chi connectivity index (χ1v) is 9.60. The van der Waals surface area contributed by atoms with Gasteiger partial charge in [0.1, 0.15) is 34.1 Å². The molecule has 39 heavy (non-hydrogen) atoms. The van der Waals surface area contributed by atoms with E-state index in [0.29, 0.717) is 0 Å². The van der Waals surface area contributed by atoms with Crippen LogP contribution in [-0.2, 0) is 18.5 Å². The van der Waals surface area contributed by atoms with Crippen molar-refractivity contribution in [2.45, 2.75) is 18.5 Å². The number of hydrogen-bond acceptors (Lipinski definition) is 4. The van der Waals surface area contributed by atoms with Crippen molar-refractivity contribution in [3.05, 3.63) is 70.0 Å².